The number of urea groups is 1. The molecule has 0 bridgehead atoms. The van der Waals surface area contributed by atoms with Crippen LogP contribution in [0.2, 0.25) is 0 Å². The van der Waals surface area contributed by atoms with Gasteiger partial charge in [0.25, 0.3) is 0 Å². The number of nitrogens with zero attached hydrogens (tertiary/aromatic N) is 2. The molecule has 2 amide bonds. The maximum atomic E-state index is 12.0. The Morgan fingerprint density at radius 1 is 0.889 bits per heavy atom. The van der Waals surface area contributed by atoms with Crippen molar-refractivity contribution in [2.24, 2.45) is 0 Å². The average molecular weight is 362 g/mol. The highest BCUT2D eigenvalue weighted by atomic mass is 16.2. The first-order valence-electron chi connectivity index (χ1n) is 8.72. The molecule has 0 spiro atoms. The number of hydrogen-bond acceptors (Lipinski definition) is 5. The van der Waals surface area contributed by atoms with E-state index in [9.17, 15) is 4.79 Å². The van der Waals surface area contributed by atoms with Crippen LogP contribution in [0.15, 0.2) is 60.7 Å². The van der Waals surface area contributed by atoms with Crippen molar-refractivity contribution in [1.82, 2.24) is 9.97 Å². The quantitative estimate of drug-likeness (QED) is 0.514. The van der Waals surface area contributed by atoms with Gasteiger partial charge in [0.05, 0.1) is 0 Å². The lowest BCUT2D eigenvalue weighted by Crippen LogP contribution is -2.19. The molecule has 2 aromatic carbocycles. The second-order valence-corrected chi connectivity index (χ2v) is 5.90. The Morgan fingerprint density at radius 3 is 2.19 bits per heavy atom. The van der Waals surface area contributed by atoms with E-state index in [1.165, 1.54) is 0 Å². The molecule has 1 aromatic heterocycles. The third kappa shape index (κ3) is 5.43. The van der Waals surface area contributed by atoms with Gasteiger partial charge < -0.3 is 21.3 Å². The Morgan fingerprint density at radius 2 is 1.52 bits per heavy atom. The van der Waals surface area contributed by atoms with Gasteiger partial charge in [0.1, 0.15) is 5.82 Å². The van der Waals surface area contributed by atoms with Gasteiger partial charge in [-0.25, -0.2) is 9.78 Å². The lowest BCUT2D eigenvalue weighted by atomic mass is 10.2. The number of aryl methyl sites for hydroxylation is 1. The smallest absolute Gasteiger partial charge is 0.323 e. The Labute approximate surface area is 158 Å². The molecule has 7 heteroatoms. The summed E-state index contributed by atoms with van der Waals surface area (Å²) in [5, 5.41) is 11.9. The van der Waals surface area contributed by atoms with Crippen molar-refractivity contribution in [3.05, 3.63) is 66.4 Å². The molecule has 0 saturated heterocycles. The Hall–Kier alpha value is -3.61. The van der Waals surface area contributed by atoms with Gasteiger partial charge in [-0.1, -0.05) is 18.2 Å². The van der Waals surface area contributed by atoms with Crippen LogP contribution >= 0.6 is 0 Å². The molecule has 3 rings (SSSR count). The number of amides is 2. The number of carbonyl (C=O) groups is 1. The van der Waals surface area contributed by atoms with E-state index in [2.05, 4.69) is 31.2 Å². The Balaban J connectivity index is 1.61. The predicted molar refractivity (Wildman–Crippen MR) is 110 cm³/mol. The van der Waals surface area contributed by atoms with Crippen molar-refractivity contribution >= 4 is 34.9 Å². The first kappa shape index (κ1) is 18.2. The standard InChI is InChI=1S/C20H22N6O/c1-3-21-19-22-14(2)13-18(26-19)23-16-9-11-17(12-10-16)25-20(27)24-15-7-5-4-6-8-15/h4-13H,3H2,1-2H3,(H2,24,25,27)(H2,21,22,23,26). The molecule has 0 aliphatic heterocycles. The first-order valence-corrected chi connectivity index (χ1v) is 8.72. The molecule has 0 radical (unpaired) electrons. The molecule has 0 fully saturated rings. The van der Waals surface area contributed by atoms with Crippen molar-refractivity contribution in [1.29, 1.82) is 0 Å². The molecule has 4 N–H and O–H groups in total. The van der Waals surface area contributed by atoms with Crippen LogP contribution in [0.4, 0.5) is 33.6 Å². The van der Waals surface area contributed by atoms with Crippen molar-refractivity contribution in [3.63, 3.8) is 0 Å². The van der Waals surface area contributed by atoms with E-state index >= 15 is 0 Å². The fraction of sp³-hybridized carbons (Fsp3) is 0.150. The number of rotatable bonds is 6. The molecule has 3 aromatic rings. The van der Waals surface area contributed by atoms with Crippen molar-refractivity contribution in [3.8, 4) is 0 Å². The van der Waals surface area contributed by atoms with Crippen LogP contribution in [0.3, 0.4) is 0 Å². The highest BCUT2D eigenvalue weighted by Gasteiger charge is 2.04. The first-order chi connectivity index (χ1) is 13.1. The second kappa shape index (κ2) is 8.66. The minimum atomic E-state index is -0.288. The lowest BCUT2D eigenvalue weighted by Gasteiger charge is -2.11. The fourth-order valence-corrected chi connectivity index (χ4v) is 2.47. The van der Waals surface area contributed by atoms with E-state index in [1.54, 1.807) is 0 Å². The normalized spacial score (nSPS) is 10.1. The zero-order chi connectivity index (χ0) is 19.1. The second-order valence-electron chi connectivity index (χ2n) is 5.90. The van der Waals surface area contributed by atoms with Crippen LogP contribution in [0, 0.1) is 6.92 Å². The van der Waals surface area contributed by atoms with Crippen LogP contribution in [-0.4, -0.2) is 22.5 Å². The number of hydrogen-bond donors (Lipinski definition) is 4. The molecule has 0 unspecified atom stereocenters. The van der Waals surface area contributed by atoms with E-state index in [-0.39, 0.29) is 6.03 Å². The van der Waals surface area contributed by atoms with Gasteiger partial charge in [-0.2, -0.15) is 4.98 Å². The number of benzene rings is 2. The molecule has 1 heterocycles. The van der Waals surface area contributed by atoms with Gasteiger partial charge in [-0.05, 0) is 50.2 Å². The molecule has 0 atom stereocenters. The summed E-state index contributed by atoms with van der Waals surface area (Å²) in [5.74, 6) is 1.30. The summed E-state index contributed by atoms with van der Waals surface area (Å²) < 4.78 is 0. The molecular formula is C20H22N6O. The van der Waals surface area contributed by atoms with E-state index in [0.717, 1.165) is 23.6 Å². The minimum Gasteiger partial charge on any atom is -0.354 e. The largest absolute Gasteiger partial charge is 0.354 e. The molecule has 27 heavy (non-hydrogen) atoms. The maximum Gasteiger partial charge on any atom is 0.323 e. The number of para-hydroxylation sites is 1. The van der Waals surface area contributed by atoms with Gasteiger partial charge in [0.2, 0.25) is 5.95 Å². The molecule has 0 saturated carbocycles. The van der Waals surface area contributed by atoms with Crippen LogP contribution in [-0.2, 0) is 0 Å². The molecule has 7 nitrogen and oxygen atoms in total. The predicted octanol–water partition coefficient (Wildman–Crippen LogP) is 4.60. The van der Waals surface area contributed by atoms with E-state index < -0.39 is 0 Å². The molecule has 0 aliphatic carbocycles. The lowest BCUT2D eigenvalue weighted by molar-refractivity contribution is 0.262. The monoisotopic (exact) mass is 362 g/mol. The van der Waals surface area contributed by atoms with Crippen LogP contribution in [0.5, 0.6) is 0 Å². The van der Waals surface area contributed by atoms with Gasteiger partial charge in [-0.15, -0.1) is 0 Å². The van der Waals surface area contributed by atoms with Crippen molar-refractivity contribution in [2.45, 2.75) is 13.8 Å². The number of anilines is 5. The summed E-state index contributed by atoms with van der Waals surface area (Å²) in [6, 6.07) is 18.3. The Kier molecular flexibility index (Phi) is 5.84. The SMILES string of the molecule is CCNc1nc(C)cc(Nc2ccc(NC(=O)Nc3ccccc3)cc2)n1. The van der Waals surface area contributed by atoms with E-state index in [1.807, 2.05) is 74.5 Å². The van der Waals surface area contributed by atoms with Crippen LogP contribution in [0.25, 0.3) is 0 Å². The number of aromatic nitrogens is 2. The van der Waals surface area contributed by atoms with Crippen LogP contribution in [0.1, 0.15) is 12.6 Å². The van der Waals surface area contributed by atoms with E-state index in [0.29, 0.717) is 17.5 Å². The minimum absolute atomic E-state index is 0.288. The number of carbonyl (C=O) groups excluding carboxylic acids is 1. The van der Waals surface area contributed by atoms with Gasteiger partial charge in [0, 0.05) is 35.4 Å². The molecule has 138 valence electrons. The Bertz CT molecular complexity index is 896. The summed E-state index contributed by atoms with van der Waals surface area (Å²) >= 11 is 0. The average Bonchev–Trinajstić information content (AvgIpc) is 2.64. The van der Waals surface area contributed by atoms with Gasteiger partial charge in [-0.3, -0.25) is 0 Å². The summed E-state index contributed by atoms with van der Waals surface area (Å²) in [6.07, 6.45) is 0. The number of nitrogens with one attached hydrogen (secondary N) is 4. The van der Waals surface area contributed by atoms with Crippen molar-refractivity contribution < 1.29 is 4.79 Å². The third-order valence-corrected chi connectivity index (χ3v) is 3.64. The maximum absolute atomic E-state index is 12.0. The highest BCUT2D eigenvalue weighted by Crippen LogP contribution is 2.19. The zero-order valence-corrected chi connectivity index (χ0v) is 15.3. The third-order valence-electron chi connectivity index (χ3n) is 3.64. The van der Waals surface area contributed by atoms with Crippen LogP contribution < -0.4 is 21.3 Å². The van der Waals surface area contributed by atoms with E-state index in [4.69, 9.17) is 0 Å². The fourth-order valence-electron chi connectivity index (χ4n) is 2.47. The van der Waals surface area contributed by atoms with Gasteiger partial charge >= 0.3 is 6.03 Å². The summed E-state index contributed by atoms with van der Waals surface area (Å²) in [7, 11) is 0. The van der Waals surface area contributed by atoms with Gasteiger partial charge in [0.15, 0.2) is 0 Å². The highest BCUT2D eigenvalue weighted by molar-refractivity contribution is 5.99. The van der Waals surface area contributed by atoms with Crippen molar-refractivity contribution in [2.75, 3.05) is 27.8 Å². The molecule has 0 aliphatic rings. The molecular weight excluding hydrogens is 340 g/mol. The summed E-state index contributed by atoms with van der Waals surface area (Å²) in [4.78, 5) is 20.8. The summed E-state index contributed by atoms with van der Waals surface area (Å²) in [6.45, 7) is 4.68. The topological polar surface area (TPSA) is 91.0 Å². The zero-order valence-electron chi connectivity index (χ0n) is 15.3. The summed E-state index contributed by atoms with van der Waals surface area (Å²) in [5.41, 5.74) is 3.17.